The second-order valence-electron chi connectivity index (χ2n) is 3.93. The first-order valence-corrected chi connectivity index (χ1v) is 5.99. The summed E-state index contributed by atoms with van der Waals surface area (Å²) in [6, 6.07) is 0. The van der Waals surface area contributed by atoms with Crippen molar-refractivity contribution in [3.63, 3.8) is 0 Å². The van der Waals surface area contributed by atoms with Gasteiger partial charge in [0.2, 0.25) is 5.88 Å². The van der Waals surface area contributed by atoms with Crippen LogP contribution >= 0.6 is 12.2 Å². The predicted molar refractivity (Wildman–Crippen MR) is 66.5 cm³/mol. The summed E-state index contributed by atoms with van der Waals surface area (Å²) in [6.07, 6.45) is 1.85. The fraction of sp³-hybridized carbons (Fsp3) is 0.636. The molecule has 5 heteroatoms. The summed E-state index contributed by atoms with van der Waals surface area (Å²) >= 11 is 4.98. The van der Waals surface area contributed by atoms with Crippen LogP contribution in [0.4, 0.5) is 0 Å². The van der Waals surface area contributed by atoms with Gasteiger partial charge in [-0.1, -0.05) is 20.3 Å². The highest BCUT2D eigenvalue weighted by Crippen LogP contribution is 2.25. The number of H-pyrrole nitrogens is 1. The highest BCUT2D eigenvalue weighted by atomic mass is 32.1. The number of nitrogens with one attached hydrogen (secondary N) is 1. The van der Waals surface area contributed by atoms with Crippen LogP contribution in [-0.4, -0.2) is 14.7 Å². The van der Waals surface area contributed by atoms with Crippen LogP contribution in [0, 0.1) is 4.77 Å². The molecule has 1 atom stereocenters. The molecule has 0 radical (unpaired) electrons. The summed E-state index contributed by atoms with van der Waals surface area (Å²) in [6.45, 7) is 6.42. The Bertz CT molecular complexity index is 476. The monoisotopic (exact) mass is 242 g/mol. The van der Waals surface area contributed by atoms with Crippen molar-refractivity contribution in [1.29, 1.82) is 0 Å². The van der Waals surface area contributed by atoms with Crippen molar-refractivity contribution in [2.45, 2.75) is 46.1 Å². The van der Waals surface area contributed by atoms with Gasteiger partial charge >= 0.3 is 0 Å². The molecule has 1 heterocycles. The maximum Gasteiger partial charge on any atom is 0.258 e. The quantitative estimate of drug-likeness (QED) is 0.798. The summed E-state index contributed by atoms with van der Waals surface area (Å²) in [5.74, 6) is 0.0550. The van der Waals surface area contributed by atoms with Crippen molar-refractivity contribution in [3.8, 4) is 5.88 Å². The Morgan fingerprint density at radius 1 is 1.50 bits per heavy atom. The Hall–Kier alpha value is -1.10. The molecule has 2 N–H and O–H groups in total. The molecular weight excluding hydrogens is 224 g/mol. The second kappa shape index (κ2) is 5.30. The van der Waals surface area contributed by atoms with Crippen LogP contribution in [0.1, 0.15) is 45.1 Å². The van der Waals surface area contributed by atoms with Gasteiger partial charge in [0.15, 0.2) is 4.77 Å². The summed E-state index contributed by atoms with van der Waals surface area (Å²) in [4.78, 5) is 14.4. The molecule has 0 saturated carbocycles. The molecule has 0 aromatic carbocycles. The van der Waals surface area contributed by atoms with Crippen molar-refractivity contribution < 1.29 is 5.11 Å². The Labute approximate surface area is 99.9 Å². The van der Waals surface area contributed by atoms with Crippen LogP contribution in [0.15, 0.2) is 4.79 Å². The van der Waals surface area contributed by atoms with Crippen LogP contribution in [0.5, 0.6) is 5.88 Å². The molecule has 0 spiro atoms. The molecule has 0 aliphatic heterocycles. The smallest absolute Gasteiger partial charge is 0.258 e. The van der Waals surface area contributed by atoms with Crippen molar-refractivity contribution in [3.05, 3.63) is 20.7 Å². The van der Waals surface area contributed by atoms with E-state index in [1.54, 1.807) is 0 Å². The lowest BCUT2D eigenvalue weighted by Gasteiger charge is -2.15. The van der Waals surface area contributed by atoms with Gasteiger partial charge in [-0.25, -0.2) is 0 Å². The fourth-order valence-electron chi connectivity index (χ4n) is 1.89. The molecule has 90 valence electrons. The zero-order valence-electron chi connectivity index (χ0n) is 9.91. The Morgan fingerprint density at radius 3 is 2.62 bits per heavy atom. The minimum atomic E-state index is -0.270. The van der Waals surface area contributed by atoms with E-state index in [1.165, 1.54) is 4.57 Å². The van der Waals surface area contributed by atoms with E-state index < -0.39 is 0 Å². The number of hydrogen-bond donors (Lipinski definition) is 2. The van der Waals surface area contributed by atoms with Gasteiger partial charge in [-0.3, -0.25) is 14.3 Å². The van der Waals surface area contributed by atoms with E-state index in [0.29, 0.717) is 12.1 Å². The Kier molecular flexibility index (Phi) is 4.29. The third kappa shape index (κ3) is 2.35. The first-order chi connectivity index (χ1) is 7.52. The molecule has 0 amide bonds. The number of aromatic nitrogens is 2. The molecule has 0 bridgehead atoms. The Balaban J connectivity index is 3.39. The number of hydrogen-bond acceptors (Lipinski definition) is 3. The van der Waals surface area contributed by atoms with Crippen molar-refractivity contribution in [2.75, 3.05) is 0 Å². The predicted octanol–water partition coefficient (Wildman–Crippen LogP) is 2.53. The average molecular weight is 242 g/mol. The van der Waals surface area contributed by atoms with Gasteiger partial charge in [0.1, 0.15) is 0 Å². The number of nitrogens with zero attached hydrogens (tertiary/aromatic N) is 1. The Morgan fingerprint density at radius 2 is 2.12 bits per heavy atom. The van der Waals surface area contributed by atoms with Gasteiger partial charge in [-0.15, -0.1) is 0 Å². The van der Waals surface area contributed by atoms with Gasteiger partial charge in [0, 0.05) is 6.54 Å². The topological polar surface area (TPSA) is 58.0 Å². The zero-order chi connectivity index (χ0) is 12.3. The van der Waals surface area contributed by atoms with E-state index >= 15 is 0 Å². The first-order valence-electron chi connectivity index (χ1n) is 5.58. The first kappa shape index (κ1) is 13.0. The molecule has 0 saturated heterocycles. The standard InChI is InChI=1S/C11H18N2O2S/c1-4-6-7(3)8-9(14)12-11(16)13(5-2)10(8)15/h7,15H,4-6H2,1-3H3,(H,12,14,16)/t7-/m0/s1. The van der Waals surface area contributed by atoms with E-state index in [0.717, 1.165) is 12.8 Å². The largest absolute Gasteiger partial charge is 0.494 e. The average Bonchev–Trinajstić information content (AvgIpc) is 2.17. The second-order valence-corrected chi connectivity index (χ2v) is 4.32. The maximum absolute atomic E-state index is 11.7. The lowest BCUT2D eigenvalue weighted by Crippen LogP contribution is -2.20. The van der Waals surface area contributed by atoms with E-state index in [-0.39, 0.29) is 22.1 Å². The highest BCUT2D eigenvalue weighted by molar-refractivity contribution is 7.71. The van der Waals surface area contributed by atoms with Crippen LogP contribution in [0.25, 0.3) is 0 Å². The third-order valence-electron chi connectivity index (χ3n) is 2.74. The summed E-state index contributed by atoms with van der Waals surface area (Å²) in [7, 11) is 0. The third-order valence-corrected chi connectivity index (χ3v) is 3.06. The van der Waals surface area contributed by atoms with E-state index in [9.17, 15) is 9.90 Å². The summed E-state index contributed by atoms with van der Waals surface area (Å²) in [5.41, 5.74) is 0.172. The summed E-state index contributed by atoms with van der Waals surface area (Å²) in [5, 5.41) is 10.0. The molecule has 4 nitrogen and oxygen atoms in total. The minimum Gasteiger partial charge on any atom is -0.494 e. The molecule has 1 aromatic rings. The van der Waals surface area contributed by atoms with E-state index in [2.05, 4.69) is 11.9 Å². The normalized spacial score (nSPS) is 12.7. The molecule has 16 heavy (non-hydrogen) atoms. The van der Waals surface area contributed by atoms with Crippen LogP contribution in [0.3, 0.4) is 0 Å². The van der Waals surface area contributed by atoms with Gasteiger partial charge in [0.05, 0.1) is 5.56 Å². The van der Waals surface area contributed by atoms with Gasteiger partial charge in [0.25, 0.3) is 5.56 Å². The highest BCUT2D eigenvalue weighted by Gasteiger charge is 2.17. The van der Waals surface area contributed by atoms with E-state index in [1.807, 2.05) is 13.8 Å². The lowest BCUT2D eigenvalue weighted by molar-refractivity contribution is 0.394. The molecule has 1 aromatic heterocycles. The number of aromatic amines is 1. The van der Waals surface area contributed by atoms with Crippen LogP contribution in [0.2, 0.25) is 0 Å². The van der Waals surface area contributed by atoms with E-state index in [4.69, 9.17) is 12.2 Å². The van der Waals surface area contributed by atoms with Gasteiger partial charge < -0.3 is 5.11 Å². The van der Waals surface area contributed by atoms with Crippen LogP contribution in [-0.2, 0) is 6.54 Å². The number of rotatable bonds is 4. The lowest BCUT2D eigenvalue weighted by atomic mass is 9.98. The van der Waals surface area contributed by atoms with Crippen LogP contribution < -0.4 is 5.56 Å². The maximum atomic E-state index is 11.7. The molecule has 0 aliphatic rings. The molecular formula is C11H18N2O2S. The molecule has 0 aliphatic carbocycles. The fourth-order valence-corrected chi connectivity index (χ4v) is 2.20. The van der Waals surface area contributed by atoms with Crippen molar-refractivity contribution >= 4 is 12.2 Å². The van der Waals surface area contributed by atoms with Crippen molar-refractivity contribution in [1.82, 2.24) is 9.55 Å². The SMILES string of the molecule is CCC[C@H](C)c1c(O)n(CC)c(=S)[nH]c1=O. The minimum absolute atomic E-state index is 0.0113. The van der Waals surface area contributed by atoms with Crippen molar-refractivity contribution in [2.24, 2.45) is 0 Å². The van der Waals surface area contributed by atoms with Gasteiger partial charge in [-0.2, -0.15) is 0 Å². The molecule has 0 unspecified atom stereocenters. The summed E-state index contributed by atoms with van der Waals surface area (Å²) < 4.78 is 1.82. The van der Waals surface area contributed by atoms with Gasteiger partial charge in [-0.05, 0) is 31.5 Å². The molecule has 1 rings (SSSR count). The number of aromatic hydroxyl groups is 1. The zero-order valence-corrected chi connectivity index (χ0v) is 10.7. The molecule has 0 fully saturated rings.